The molecule has 43 heavy (non-hydrogen) atoms. The molecule has 1 aliphatic heterocycles. The molecule has 2 heterocycles. The highest BCUT2D eigenvalue weighted by atomic mass is 35.5. The van der Waals surface area contributed by atoms with Crippen LogP contribution in [-0.2, 0) is 14.3 Å². The Hall–Kier alpha value is -4.74. The first-order valence-electron chi connectivity index (χ1n) is 13.6. The number of ether oxygens (including phenoxy) is 3. The molecule has 0 fully saturated rings. The van der Waals surface area contributed by atoms with Gasteiger partial charge in [-0.2, -0.15) is 0 Å². The SMILES string of the molecule is COc1ccc2c(c1)C(c1ccc(Cl)cc1)=N[C@@H](CC(=O)Nc1ccc(OCCOCCC(=O)O)cc1)c1nnc(C)n1-2. The number of carboxylic acid groups (broad SMARTS) is 1. The Morgan fingerprint density at radius 2 is 1.72 bits per heavy atom. The van der Waals surface area contributed by atoms with Crippen molar-refractivity contribution in [1.29, 1.82) is 0 Å². The van der Waals surface area contributed by atoms with Gasteiger partial charge in [-0.25, -0.2) is 0 Å². The van der Waals surface area contributed by atoms with Crippen LogP contribution in [0.2, 0.25) is 5.02 Å². The second kappa shape index (κ2) is 13.5. The van der Waals surface area contributed by atoms with E-state index in [0.29, 0.717) is 39.6 Å². The number of aliphatic imine (C=N–C) groups is 1. The quantitative estimate of drug-likeness (QED) is 0.215. The van der Waals surface area contributed by atoms with Gasteiger partial charge in [0.15, 0.2) is 5.82 Å². The number of benzene rings is 3. The predicted molar refractivity (Wildman–Crippen MR) is 161 cm³/mol. The molecule has 12 heteroatoms. The van der Waals surface area contributed by atoms with Crippen LogP contribution in [0.1, 0.15) is 41.7 Å². The number of aliphatic carboxylic acids is 1. The van der Waals surface area contributed by atoms with Gasteiger partial charge in [-0.3, -0.25) is 19.1 Å². The number of carboxylic acids is 1. The third-order valence-corrected chi connectivity index (χ3v) is 6.98. The van der Waals surface area contributed by atoms with Gasteiger partial charge in [0.2, 0.25) is 5.91 Å². The van der Waals surface area contributed by atoms with Gasteiger partial charge in [-0.05, 0) is 61.5 Å². The second-order valence-corrected chi connectivity index (χ2v) is 10.1. The first kappa shape index (κ1) is 29.7. The van der Waals surface area contributed by atoms with E-state index in [0.717, 1.165) is 16.8 Å². The zero-order valence-corrected chi connectivity index (χ0v) is 24.4. The van der Waals surface area contributed by atoms with E-state index in [1.807, 2.05) is 41.8 Å². The smallest absolute Gasteiger partial charge is 0.305 e. The van der Waals surface area contributed by atoms with Gasteiger partial charge >= 0.3 is 5.97 Å². The number of halogens is 1. The standard InChI is InChI=1S/C31H30ClN5O6/c1-19-35-36-31-26(18-28(38)33-22-7-9-23(10-8-22)43-16-15-42-14-13-29(39)40)34-30(20-3-5-21(32)6-4-20)25-17-24(41-2)11-12-27(25)37(19)31/h3-12,17,26H,13-16,18H2,1-2H3,(H,33,38)(H,39,40)/t26-/m0/s1. The summed E-state index contributed by atoms with van der Waals surface area (Å²) in [6.45, 7) is 2.54. The minimum absolute atomic E-state index is 0.0201. The molecule has 1 aromatic heterocycles. The van der Waals surface area contributed by atoms with Crippen molar-refractivity contribution >= 4 is 34.9 Å². The molecule has 2 N–H and O–H groups in total. The first-order valence-corrected chi connectivity index (χ1v) is 14.0. The van der Waals surface area contributed by atoms with E-state index in [1.54, 1.807) is 43.5 Å². The molecule has 0 radical (unpaired) electrons. The van der Waals surface area contributed by atoms with Crippen molar-refractivity contribution in [2.75, 3.05) is 32.2 Å². The van der Waals surface area contributed by atoms with Crippen LogP contribution >= 0.6 is 11.6 Å². The Kier molecular flexibility index (Phi) is 9.33. The third-order valence-electron chi connectivity index (χ3n) is 6.72. The van der Waals surface area contributed by atoms with Crippen molar-refractivity contribution in [2.45, 2.75) is 25.8 Å². The second-order valence-electron chi connectivity index (χ2n) is 9.71. The van der Waals surface area contributed by atoms with Gasteiger partial charge in [0.1, 0.15) is 30.0 Å². The topological polar surface area (TPSA) is 137 Å². The summed E-state index contributed by atoms with van der Waals surface area (Å²) in [5.74, 6) is 1.33. The zero-order valence-electron chi connectivity index (χ0n) is 23.6. The van der Waals surface area contributed by atoms with Gasteiger partial charge < -0.3 is 24.6 Å². The molecule has 0 saturated carbocycles. The number of amides is 1. The molecule has 222 valence electrons. The fourth-order valence-electron chi connectivity index (χ4n) is 4.68. The van der Waals surface area contributed by atoms with Crippen LogP contribution in [0.15, 0.2) is 71.7 Å². The summed E-state index contributed by atoms with van der Waals surface area (Å²) in [5.41, 5.74) is 3.76. The van der Waals surface area contributed by atoms with Gasteiger partial charge in [-0.15, -0.1) is 10.2 Å². The number of anilines is 1. The van der Waals surface area contributed by atoms with Gasteiger partial charge in [-0.1, -0.05) is 23.7 Å². The van der Waals surface area contributed by atoms with Crippen LogP contribution in [-0.4, -0.2) is 64.4 Å². The average Bonchev–Trinajstić information content (AvgIpc) is 3.32. The molecule has 4 aromatic rings. The molecular weight excluding hydrogens is 574 g/mol. The zero-order chi connectivity index (χ0) is 30.3. The highest BCUT2D eigenvalue weighted by Crippen LogP contribution is 2.34. The van der Waals surface area contributed by atoms with E-state index >= 15 is 0 Å². The summed E-state index contributed by atoms with van der Waals surface area (Å²) in [4.78, 5) is 28.9. The summed E-state index contributed by atoms with van der Waals surface area (Å²) >= 11 is 6.18. The molecule has 0 spiro atoms. The van der Waals surface area contributed by atoms with E-state index in [9.17, 15) is 9.59 Å². The van der Waals surface area contributed by atoms with E-state index < -0.39 is 12.0 Å². The number of fused-ring (bicyclic) bond motifs is 3. The molecule has 0 saturated heterocycles. The number of nitrogens with one attached hydrogen (secondary N) is 1. The monoisotopic (exact) mass is 603 g/mol. The molecule has 0 bridgehead atoms. The summed E-state index contributed by atoms with van der Waals surface area (Å²) in [6, 6.07) is 19.4. The summed E-state index contributed by atoms with van der Waals surface area (Å²) < 4.78 is 18.3. The molecule has 3 aromatic carbocycles. The van der Waals surface area contributed by atoms with Crippen LogP contribution in [0.4, 0.5) is 5.69 Å². The largest absolute Gasteiger partial charge is 0.497 e. The summed E-state index contributed by atoms with van der Waals surface area (Å²) in [7, 11) is 1.61. The average molecular weight is 604 g/mol. The molecule has 0 unspecified atom stereocenters. The number of hydrogen-bond donors (Lipinski definition) is 2. The highest BCUT2D eigenvalue weighted by molar-refractivity contribution is 6.30. The van der Waals surface area contributed by atoms with Crippen LogP contribution in [0, 0.1) is 6.92 Å². The van der Waals surface area contributed by atoms with Gasteiger partial charge in [0.25, 0.3) is 0 Å². The Labute approximate surface area is 253 Å². The maximum Gasteiger partial charge on any atom is 0.305 e. The molecule has 1 aliphatic rings. The fourth-order valence-corrected chi connectivity index (χ4v) is 4.80. The molecule has 5 rings (SSSR count). The molecule has 1 atom stereocenters. The highest BCUT2D eigenvalue weighted by Gasteiger charge is 2.30. The van der Waals surface area contributed by atoms with E-state index in [4.69, 9.17) is 35.9 Å². The number of nitrogens with zero attached hydrogens (tertiary/aromatic N) is 4. The Morgan fingerprint density at radius 1 is 0.977 bits per heavy atom. The third kappa shape index (κ3) is 7.19. The van der Waals surface area contributed by atoms with Crippen molar-refractivity contribution in [3.63, 3.8) is 0 Å². The number of methoxy groups -OCH3 is 1. The number of carbonyl (C=O) groups excluding carboxylic acids is 1. The van der Waals surface area contributed by atoms with Crippen LogP contribution in [0.5, 0.6) is 11.5 Å². The van der Waals surface area contributed by atoms with Crippen molar-refractivity contribution in [2.24, 2.45) is 4.99 Å². The molecule has 1 amide bonds. The lowest BCUT2D eigenvalue weighted by Gasteiger charge is -2.14. The summed E-state index contributed by atoms with van der Waals surface area (Å²) in [5, 5.41) is 20.9. The van der Waals surface area contributed by atoms with Crippen molar-refractivity contribution < 1.29 is 28.9 Å². The van der Waals surface area contributed by atoms with Crippen LogP contribution in [0.25, 0.3) is 5.69 Å². The van der Waals surface area contributed by atoms with E-state index in [2.05, 4.69) is 15.5 Å². The first-order chi connectivity index (χ1) is 20.8. The maximum absolute atomic E-state index is 13.3. The van der Waals surface area contributed by atoms with Crippen LogP contribution in [0.3, 0.4) is 0 Å². The number of carbonyl (C=O) groups is 2. The number of aryl methyl sites for hydroxylation is 1. The number of aromatic nitrogens is 3. The van der Waals surface area contributed by atoms with E-state index in [1.165, 1.54) is 0 Å². The Bertz CT molecular complexity index is 1640. The molecule has 0 aliphatic carbocycles. The minimum Gasteiger partial charge on any atom is -0.497 e. The van der Waals surface area contributed by atoms with E-state index in [-0.39, 0.29) is 38.6 Å². The number of hydrogen-bond acceptors (Lipinski definition) is 8. The normalized spacial score (nSPS) is 13.7. The van der Waals surface area contributed by atoms with Crippen LogP contribution < -0.4 is 14.8 Å². The molecular formula is C31H30ClN5O6. The predicted octanol–water partition coefficient (Wildman–Crippen LogP) is 5.03. The molecule has 11 nitrogen and oxygen atoms in total. The summed E-state index contributed by atoms with van der Waals surface area (Å²) in [6.07, 6.45) is -0.0328. The lowest BCUT2D eigenvalue weighted by Crippen LogP contribution is -2.17. The lowest BCUT2D eigenvalue weighted by molar-refractivity contribution is -0.138. The lowest BCUT2D eigenvalue weighted by atomic mass is 10.00. The van der Waals surface area contributed by atoms with Crippen molar-refractivity contribution in [3.05, 3.63) is 94.5 Å². The van der Waals surface area contributed by atoms with Gasteiger partial charge in [0, 0.05) is 21.8 Å². The van der Waals surface area contributed by atoms with Crippen molar-refractivity contribution in [3.8, 4) is 17.2 Å². The Balaban J connectivity index is 1.34. The fraction of sp³-hybridized carbons (Fsp3) is 0.258. The maximum atomic E-state index is 13.3. The van der Waals surface area contributed by atoms with Gasteiger partial charge in [0.05, 0.1) is 44.6 Å². The van der Waals surface area contributed by atoms with Crippen molar-refractivity contribution in [1.82, 2.24) is 14.8 Å². The number of rotatable bonds is 12. The minimum atomic E-state index is -0.908. The Morgan fingerprint density at radius 3 is 2.44 bits per heavy atom.